The summed E-state index contributed by atoms with van der Waals surface area (Å²) in [5, 5.41) is 16.2. The van der Waals surface area contributed by atoms with Gasteiger partial charge < -0.3 is 4.42 Å². The lowest BCUT2D eigenvalue weighted by Crippen LogP contribution is -1.90. The summed E-state index contributed by atoms with van der Waals surface area (Å²) in [7, 11) is 0. The Labute approximate surface area is 173 Å². The smallest absolute Gasteiger partial charge is 0.235 e. The number of fused-ring (bicyclic) bond motifs is 2. The van der Waals surface area contributed by atoms with Crippen LogP contribution in [0.1, 0.15) is 16.1 Å². The Bertz CT molecular complexity index is 1370. The minimum absolute atomic E-state index is 0.587. The normalized spacial score (nSPS) is 12.0. The maximum atomic E-state index is 6.22. The van der Waals surface area contributed by atoms with E-state index in [9.17, 15) is 0 Å². The van der Waals surface area contributed by atoms with Crippen LogP contribution >= 0.6 is 34.5 Å². The molecule has 0 fully saturated rings. The van der Waals surface area contributed by atoms with Crippen LogP contribution < -0.4 is 0 Å². The summed E-state index contributed by atoms with van der Waals surface area (Å²) in [6.45, 7) is 2.01. The fourth-order valence-electron chi connectivity index (χ4n) is 3.03. The summed E-state index contributed by atoms with van der Waals surface area (Å²) in [4.78, 5) is 0.691. The number of hydrogen-bond donors (Lipinski definition) is 0. The Morgan fingerprint density at radius 1 is 1.07 bits per heavy atom. The molecule has 0 saturated heterocycles. The first-order valence-electron chi connectivity index (χ1n) is 8.44. The molecule has 3 heterocycles. The molecule has 8 heteroatoms. The first-order valence-corrected chi connectivity index (χ1v) is 10.0. The highest BCUT2D eigenvalue weighted by Crippen LogP contribution is 2.33. The summed E-state index contributed by atoms with van der Waals surface area (Å²) in [6, 6.07) is 13.3. The Morgan fingerprint density at radius 2 is 1.93 bits per heavy atom. The summed E-state index contributed by atoms with van der Waals surface area (Å²) in [5.74, 6) is 1.26. The lowest BCUT2D eigenvalue weighted by molar-refractivity contribution is 0.619. The van der Waals surface area contributed by atoms with E-state index >= 15 is 0 Å². The van der Waals surface area contributed by atoms with E-state index in [0.29, 0.717) is 26.6 Å². The number of furan rings is 1. The predicted octanol–water partition coefficient (Wildman–Crippen LogP) is 6.38. The summed E-state index contributed by atoms with van der Waals surface area (Å²) < 4.78 is 7.72. The van der Waals surface area contributed by atoms with Crippen LogP contribution in [-0.2, 0) is 0 Å². The molecule has 5 rings (SSSR count). The van der Waals surface area contributed by atoms with Gasteiger partial charge in [0.2, 0.25) is 10.8 Å². The second-order valence-corrected chi connectivity index (χ2v) is 8.04. The van der Waals surface area contributed by atoms with E-state index in [1.165, 1.54) is 11.3 Å². The van der Waals surface area contributed by atoms with Gasteiger partial charge in [0.15, 0.2) is 5.76 Å². The fraction of sp³-hybridized carbons (Fsp3) is 0.0500. The van der Waals surface area contributed by atoms with Gasteiger partial charge in [-0.2, -0.15) is 9.61 Å². The molecule has 5 aromatic rings. The number of benzene rings is 2. The molecule has 0 spiro atoms. The van der Waals surface area contributed by atoms with Crippen molar-refractivity contribution in [2.75, 3.05) is 0 Å². The molecule has 0 unspecified atom stereocenters. The molecular weight excluding hydrogens is 415 g/mol. The van der Waals surface area contributed by atoms with Crippen molar-refractivity contribution in [3.8, 4) is 11.6 Å². The second kappa shape index (κ2) is 6.74. The Morgan fingerprint density at radius 3 is 2.75 bits per heavy atom. The SMILES string of the molecule is Cc1c(-c2nnc3sc(/C=C/c4ccc(Cl)cc4Cl)nn23)oc2ccccc12. The van der Waals surface area contributed by atoms with Crippen LogP contribution in [0.4, 0.5) is 0 Å². The van der Waals surface area contributed by atoms with E-state index in [1.807, 2.05) is 49.4 Å². The molecule has 5 nitrogen and oxygen atoms in total. The molecule has 0 amide bonds. The van der Waals surface area contributed by atoms with Gasteiger partial charge >= 0.3 is 0 Å². The number of halogens is 2. The molecule has 28 heavy (non-hydrogen) atoms. The molecule has 0 aliphatic heterocycles. The fourth-order valence-corrected chi connectivity index (χ4v) is 4.24. The number of hydrogen-bond acceptors (Lipinski definition) is 5. The standard InChI is InChI=1S/C20H12Cl2N4OS/c1-11-14-4-2-3-5-16(14)27-18(11)19-23-24-20-26(19)25-17(28-20)9-7-12-6-8-13(21)10-15(12)22/h2-10H,1H3/b9-7+. The van der Waals surface area contributed by atoms with Gasteiger partial charge in [0.1, 0.15) is 10.6 Å². The van der Waals surface area contributed by atoms with Gasteiger partial charge in [0.25, 0.3) is 0 Å². The topological polar surface area (TPSA) is 56.2 Å². The number of rotatable bonds is 3. The van der Waals surface area contributed by atoms with E-state index < -0.39 is 0 Å². The van der Waals surface area contributed by atoms with Gasteiger partial charge in [0, 0.05) is 21.0 Å². The van der Waals surface area contributed by atoms with E-state index in [-0.39, 0.29) is 0 Å². The average Bonchev–Trinajstić information content (AvgIpc) is 3.34. The molecule has 0 bridgehead atoms. The summed E-state index contributed by atoms with van der Waals surface area (Å²) in [6.07, 6.45) is 3.79. The molecule has 2 aromatic carbocycles. The Kier molecular flexibility index (Phi) is 4.19. The second-order valence-electron chi connectivity index (χ2n) is 6.21. The molecule has 0 radical (unpaired) electrons. The van der Waals surface area contributed by atoms with Crippen LogP contribution in [0.15, 0.2) is 46.9 Å². The molecule has 3 aromatic heterocycles. The summed E-state index contributed by atoms with van der Waals surface area (Å²) >= 11 is 13.6. The van der Waals surface area contributed by atoms with Gasteiger partial charge in [0.05, 0.1) is 0 Å². The number of aryl methyl sites for hydroxylation is 1. The first kappa shape index (κ1) is 17.4. The predicted molar refractivity (Wildman–Crippen MR) is 114 cm³/mol. The minimum atomic E-state index is 0.587. The van der Waals surface area contributed by atoms with Gasteiger partial charge in [-0.05, 0) is 36.8 Å². The van der Waals surface area contributed by atoms with Gasteiger partial charge in [-0.1, -0.05) is 64.9 Å². The highest BCUT2D eigenvalue weighted by atomic mass is 35.5. The molecule has 0 aliphatic rings. The molecule has 0 atom stereocenters. The van der Waals surface area contributed by atoms with Crippen molar-refractivity contribution in [2.24, 2.45) is 0 Å². The Hall–Kier alpha value is -2.67. The van der Waals surface area contributed by atoms with Crippen LogP contribution in [-0.4, -0.2) is 19.8 Å². The third-order valence-corrected chi connectivity index (χ3v) is 5.85. The van der Waals surface area contributed by atoms with Crippen LogP contribution in [0.2, 0.25) is 10.0 Å². The van der Waals surface area contributed by atoms with E-state index in [1.54, 1.807) is 16.6 Å². The van der Waals surface area contributed by atoms with Gasteiger partial charge in [-0.15, -0.1) is 10.2 Å². The quantitative estimate of drug-likeness (QED) is 0.335. The highest BCUT2D eigenvalue weighted by molar-refractivity contribution is 7.17. The number of nitrogens with zero attached hydrogens (tertiary/aromatic N) is 4. The maximum Gasteiger partial charge on any atom is 0.235 e. The Balaban J connectivity index is 1.55. The van der Waals surface area contributed by atoms with Gasteiger partial charge in [-0.25, -0.2) is 0 Å². The lowest BCUT2D eigenvalue weighted by Gasteiger charge is -1.97. The zero-order valence-corrected chi connectivity index (χ0v) is 16.9. The third-order valence-electron chi connectivity index (χ3n) is 4.42. The zero-order valence-electron chi connectivity index (χ0n) is 14.6. The van der Waals surface area contributed by atoms with Crippen LogP contribution in [0, 0.1) is 6.92 Å². The largest absolute Gasteiger partial charge is 0.452 e. The number of aromatic nitrogens is 4. The van der Waals surface area contributed by atoms with E-state index in [4.69, 9.17) is 27.6 Å². The van der Waals surface area contributed by atoms with E-state index in [2.05, 4.69) is 15.3 Å². The molecular formula is C20H12Cl2N4OS. The van der Waals surface area contributed by atoms with E-state index in [0.717, 1.165) is 27.1 Å². The van der Waals surface area contributed by atoms with Crippen molar-refractivity contribution in [1.29, 1.82) is 0 Å². The molecule has 0 N–H and O–H groups in total. The van der Waals surface area contributed by atoms with Gasteiger partial charge in [-0.3, -0.25) is 0 Å². The summed E-state index contributed by atoms with van der Waals surface area (Å²) in [5.41, 5.74) is 2.70. The number of para-hydroxylation sites is 1. The lowest BCUT2D eigenvalue weighted by atomic mass is 10.1. The average molecular weight is 427 g/mol. The molecule has 0 aliphatic carbocycles. The van der Waals surface area contributed by atoms with Crippen molar-refractivity contribution < 1.29 is 4.42 Å². The maximum absolute atomic E-state index is 6.22. The zero-order chi connectivity index (χ0) is 19.3. The monoisotopic (exact) mass is 426 g/mol. The van der Waals surface area contributed by atoms with Crippen LogP contribution in [0.3, 0.4) is 0 Å². The van der Waals surface area contributed by atoms with Crippen molar-refractivity contribution in [1.82, 2.24) is 19.8 Å². The van der Waals surface area contributed by atoms with Crippen molar-refractivity contribution in [3.05, 3.63) is 68.6 Å². The van der Waals surface area contributed by atoms with Crippen molar-refractivity contribution in [3.63, 3.8) is 0 Å². The highest BCUT2D eigenvalue weighted by Gasteiger charge is 2.19. The van der Waals surface area contributed by atoms with Crippen LogP contribution in [0.5, 0.6) is 0 Å². The molecule has 138 valence electrons. The van der Waals surface area contributed by atoms with Crippen molar-refractivity contribution in [2.45, 2.75) is 6.92 Å². The van der Waals surface area contributed by atoms with Crippen LogP contribution in [0.25, 0.3) is 39.7 Å². The third kappa shape index (κ3) is 2.90. The minimum Gasteiger partial charge on any atom is -0.452 e. The van der Waals surface area contributed by atoms with Crippen molar-refractivity contribution >= 4 is 62.6 Å². The first-order chi connectivity index (χ1) is 13.6. The molecule has 0 saturated carbocycles.